The molecule has 4 heteroatoms. The van der Waals surface area contributed by atoms with Crippen LogP contribution in [-0.4, -0.2) is 52.4 Å². The third-order valence-electron chi connectivity index (χ3n) is 3.93. The average molecular weight is 278 g/mol. The van der Waals surface area contributed by atoms with Crippen LogP contribution in [0.5, 0.6) is 5.75 Å². The highest BCUT2D eigenvalue weighted by Gasteiger charge is 2.35. The monoisotopic (exact) mass is 278 g/mol. The topological polar surface area (TPSA) is 33.7 Å². The molecule has 1 heterocycles. The molecule has 0 radical (unpaired) electrons. The molecule has 0 aromatic heterocycles. The van der Waals surface area contributed by atoms with E-state index in [0.717, 1.165) is 45.0 Å². The third-order valence-corrected chi connectivity index (χ3v) is 3.93. The minimum absolute atomic E-state index is 0.252. The van der Waals surface area contributed by atoms with Crippen LogP contribution in [0.15, 0.2) is 24.3 Å². The first-order valence-electron chi connectivity index (χ1n) is 7.21. The molecule has 1 aliphatic rings. The Labute approximate surface area is 122 Å². The number of hydrogen-bond acceptors (Lipinski definition) is 4. The van der Waals surface area contributed by atoms with E-state index in [9.17, 15) is 0 Å². The summed E-state index contributed by atoms with van der Waals surface area (Å²) in [6, 6.07) is 8.28. The fourth-order valence-corrected chi connectivity index (χ4v) is 3.06. The van der Waals surface area contributed by atoms with Crippen molar-refractivity contribution in [3.63, 3.8) is 0 Å². The first-order chi connectivity index (χ1) is 9.67. The summed E-state index contributed by atoms with van der Waals surface area (Å²) < 4.78 is 10.9. The Kier molecular flexibility index (Phi) is 5.40. The number of methoxy groups -OCH3 is 1. The highest BCUT2D eigenvalue weighted by molar-refractivity contribution is 5.28. The number of hydrogen-bond donors (Lipinski definition) is 1. The van der Waals surface area contributed by atoms with Gasteiger partial charge in [0, 0.05) is 31.7 Å². The molecule has 1 N–H and O–H groups in total. The SMILES string of the molecule is CNCC1(CN(C)Cc2cccc(OC)c2)CCOC1. The van der Waals surface area contributed by atoms with Crippen molar-refractivity contribution in [3.05, 3.63) is 29.8 Å². The first-order valence-corrected chi connectivity index (χ1v) is 7.21. The van der Waals surface area contributed by atoms with E-state index < -0.39 is 0 Å². The maximum Gasteiger partial charge on any atom is 0.119 e. The molecule has 112 valence electrons. The smallest absolute Gasteiger partial charge is 0.119 e. The summed E-state index contributed by atoms with van der Waals surface area (Å²) in [5, 5.41) is 3.31. The van der Waals surface area contributed by atoms with Gasteiger partial charge in [-0.15, -0.1) is 0 Å². The van der Waals surface area contributed by atoms with Crippen molar-refractivity contribution in [3.8, 4) is 5.75 Å². The van der Waals surface area contributed by atoms with Gasteiger partial charge >= 0.3 is 0 Å². The summed E-state index contributed by atoms with van der Waals surface area (Å²) in [6.07, 6.45) is 1.14. The van der Waals surface area contributed by atoms with Crippen molar-refractivity contribution in [2.75, 3.05) is 47.5 Å². The molecular formula is C16H26N2O2. The predicted molar refractivity (Wildman–Crippen MR) is 81.1 cm³/mol. The van der Waals surface area contributed by atoms with Gasteiger partial charge in [0.2, 0.25) is 0 Å². The van der Waals surface area contributed by atoms with Crippen molar-refractivity contribution in [1.29, 1.82) is 0 Å². The zero-order valence-corrected chi connectivity index (χ0v) is 12.8. The Bertz CT molecular complexity index is 417. The summed E-state index contributed by atoms with van der Waals surface area (Å²) in [4.78, 5) is 2.38. The van der Waals surface area contributed by atoms with Gasteiger partial charge in [0.25, 0.3) is 0 Å². The molecule has 0 bridgehead atoms. The number of rotatable bonds is 7. The number of nitrogens with one attached hydrogen (secondary N) is 1. The summed E-state index contributed by atoms with van der Waals surface area (Å²) in [6.45, 7) is 4.73. The van der Waals surface area contributed by atoms with Crippen molar-refractivity contribution >= 4 is 0 Å². The second kappa shape index (κ2) is 7.07. The van der Waals surface area contributed by atoms with E-state index in [-0.39, 0.29) is 5.41 Å². The summed E-state index contributed by atoms with van der Waals surface area (Å²) in [5.41, 5.74) is 1.54. The van der Waals surface area contributed by atoms with Crippen molar-refractivity contribution in [2.45, 2.75) is 13.0 Å². The van der Waals surface area contributed by atoms with Gasteiger partial charge in [-0.3, -0.25) is 0 Å². The highest BCUT2D eigenvalue weighted by atomic mass is 16.5. The highest BCUT2D eigenvalue weighted by Crippen LogP contribution is 2.29. The van der Waals surface area contributed by atoms with Gasteiger partial charge in [-0.05, 0) is 38.2 Å². The van der Waals surface area contributed by atoms with Crippen LogP contribution in [0.2, 0.25) is 0 Å². The molecular weight excluding hydrogens is 252 g/mol. The van der Waals surface area contributed by atoms with E-state index in [1.165, 1.54) is 5.56 Å². The molecule has 1 atom stereocenters. The Morgan fingerprint density at radius 2 is 2.30 bits per heavy atom. The van der Waals surface area contributed by atoms with Gasteiger partial charge in [0.15, 0.2) is 0 Å². The number of ether oxygens (including phenoxy) is 2. The molecule has 1 saturated heterocycles. The molecule has 1 aliphatic heterocycles. The van der Waals surface area contributed by atoms with Crippen LogP contribution in [-0.2, 0) is 11.3 Å². The third kappa shape index (κ3) is 3.95. The Morgan fingerprint density at radius 1 is 1.45 bits per heavy atom. The molecule has 0 spiro atoms. The van der Waals surface area contributed by atoms with E-state index in [0.29, 0.717) is 0 Å². The minimum Gasteiger partial charge on any atom is -0.497 e. The van der Waals surface area contributed by atoms with Crippen LogP contribution < -0.4 is 10.1 Å². The van der Waals surface area contributed by atoms with E-state index in [4.69, 9.17) is 9.47 Å². The van der Waals surface area contributed by atoms with Crippen molar-refractivity contribution in [2.24, 2.45) is 5.41 Å². The van der Waals surface area contributed by atoms with Gasteiger partial charge in [-0.2, -0.15) is 0 Å². The number of benzene rings is 1. The summed E-state index contributed by atoms with van der Waals surface area (Å²) >= 11 is 0. The quantitative estimate of drug-likeness (QED) is 0.824. The van der Waals surface area contributed by atoms with Gasteiger partial charge in [-0.1, -0.05) is 12.1 Å². The van der Waals surface area contributed by atoms with Crippen LogP contribution in [0.4, 0.5) is 0 Å². The summed E-state index contributed by atoms with van der Waals surface area (Å²) in [5.74, 6) is 0.921. The van der Waals surface area contributed by atoms with Crippen LogP contribution in [0.25, 0.3) is 0 Å². The van der Waals surface area contributed by atoms with Gasteiger partial charge < -0.3 is 19.7 Å². The minimum atomic E-state index is 0.252. The normalized spacial score (nSPS) is 22.4. The van der Waals surface area contributed by atoms with E-state index in [1.54, 1.807) is 7.11 Å². The van der Waals surface area contributed by atoms with Gasteiger partial charge in [0.05, 0.1) is 13.7 Å². The fourth-order valence-electron chi connectivity index (χ4n) is 3.06. The van der Waals surface area contributed by atoms with E-state index in [2.05, 4.69) is 29.4 Å². The molecule has 1 aromatic rings. The molecule has 1 aromatic carbocycles. The maximum atomic E-state index is 5.61. The standard InChI is InChI=1S/C16H26N2O2/c1-17-11-16(7-8-20-13-16)12-18(2)10-14-5-4-6-15(9-14)19-3/h4-6,9,17H,7-8,10-13H2,1-3H3. The lowest BCUT2D eigenvalue weighted by Crippen LogP contribution is -2.42. The van der Waals surface area contributed by atoms with E-state index >= 15 is 0 Å². The lowest BCUT2D eigenvalue weighted by Gasteiger charge is -2.32. The molecule has 1 unspecified atom stereocenters. The Morgan fingerprint density at radius 3 is 2.95 bits per heavy atom. The van der Waals surface area contributed by atoms with E-state index in [1.807, 2.05) is 19.2 Å². The second-order valence-electron chi connectivity index (χ2n) is 5.86. The molecule has 1 fully saturated rings. The zero-order chi connectivity index (χ0) is 14.4. The fraction of sp³-hybridized carbons (Fsp3) is 0.625. The van der Waals surface area contributed by atoms with Crippen LogP contribution >= 0.6 is 0 Å². The molecule has 0 saturated carbocycles. The van der Waals surface area contributed by atoms with Crippen molar-refractivity contribution < 1.29 is 9.47 Å². The Balaban J connectivity index is 1.95. The zero-order valence-electron chi connectivity index (χ0n) is 12.8. The summed E-state index contributed by atoms with van der Waals surface area (Å²) in [7, 11) is 5.90. The molecule has 2 rings (SSSR count). The number of nitrogens with zero attached hydrogens (tertiary/aromatic N) is 1. The lowest BCUT2D eigenvalue weighted by molar-refractivity contribution is 0.118. The first kappa shape index (κ1) is 15.3. The second-order valence-corrected chi connectivity index (χ2v) is 5.86. The van der Waals surface area contributed by atoms with Crippen LogP contribution in [0, 0.1) is 5.41 Å². The van der Waals surface area contributed by atoms with Gasteiger partial charge in [-0.25, -0.2) is 0 Å². The van der Waals surface area contributed by atoms with Crippen LogP contribution in [0.3, 0.4) is 0 Å². The van der Waals surface area contributed by atoms with Gasteiger partial charge in [0.1, 0.15) is 5.75 Å². The predicted octanol–water partition coefficient (Wildman–Crippen LogP) is 1.75. The Hall–Kier alpha value is -1.10. The molecule has 20 heavy (non-hydrogen) atoms. The molecule has 0 aliphatic carbocycles. The van der Waals surface area contributed by atoms with Crippen molar-refractivity contribution in [1.82, 2.24) is 10.2 Å². The largest absolute Gasteiger partial charge is 0.497 e. The maximum absolute atomic E-state index is 5.61. The van der Waals surface area contributed by atoms with Crippen LogP contribution in [0.1, 0.15) is 12.0 Å². The lowest BCUT2D eigenvalue weighted by atomic mass is 9.86. The molecule has 4 nitrogen and oxygen atoms in total. The average Bonchev–Trinajstić information content (AvgIpc) is 2.87. The molecule has 0 amide bonds.